The van der Waals surface area contributed by atoms with Crippen molar-refractivity contribution in [3.05, 3.63) is 83.4 Å². The van der Waals surface area contributed by atoms with Crippen LogP contribution in [-0.4, -0.2) is 6.03 Å². The molecule has 0 aromatic heterocycles. The van der Waals surface area contributed by atoms with Crippen molar-refractivity contribution in [1.29, 1.82) is 0 Å². The van der Waals surface area contributed by atoms with Crippen LogP contribution in [0.5, 0.6) is 5.75 Å². The van der Waals surface area contributed by atoms with Gasteiger partial charge in [0.1, 0.15) is 12.4 Å². The molecule has 0 aliphatic heterocycles. The highest BCUT2D eigenvalue weighted by Gasteiger charge is 2.16. The van der Waals surface area contributed by atoms with Crippen LogP contribution >= 0.6 is 0 Å². The summed E-state index contributed by atoms with van der Waals surface area (Å²) in [6.07, 6.45) is 0. The van der Waals surface area contributed by atoms with E-state index in [9.17, 15) is 4.79 Å². The molecular weight excluding hydrogens is 352 g/mol. The van der Waals surface area contributed by atoms with Crippen LogP contribution in [-0.2, 0) is 6.61 Å². The van der Waals surface area contributed by atoms with Gasteiger partial charge >= 0.3 is 6.03 Å². The van der Waals surface area contributed by atoms with Gasteiger partial charge in [-0.1, -0.05) is 54.1 Å². The summed E-state index contributed by atoms with van der Waals surface area (Å²) in [5, 5.41) is 0.981. The lowest BCUT2D eigenvalue weighted by atomic mass is 10.0. The van der Waals surface area contributed by atoms with Gasteiger partial charge in [0.05, 0.1) is 5.69 Å². The van der Waals surface area contributed by atoms with Gasteiger partial charge in [-0.2, -0.15) is 0 Å². The molecular formula is C22H24N4O2. The van der Waals surface area contributed by atoms with Gasteiger partial charge in [-0.25, -0.2) is 21.5 Å². The number of aryl methyl sites for hydroxylation is 2. The van der Waals surface area contributed by atoms with Crippen LogP contribution in [0.2, 0.25) is 0 Å². The van der Waals surface area contributed by atoms with E-state index >= 15 is 0 Å². The smallest absolute Gasteiger partial charge is 0.350 e. The van der Waals surface area contributed by atoms with Crippen molar-refractivity contribution in [3.8, 4) is 16.9 Å². The van der Waals surface area contributed by atoms with E-state index in [2.05, 4.69) is 31.2 Å². The fourth-order valence-electron chi connectivity index (χ4n) is 2.95. The Balaban J connectivity index is 1.82. The Hall–Kier alpha value is -3.35. The highest BCUT2D eigenvalue weighted by Crippen LogP contribution is 2.27. The number of ether oxygens (including phenoxy) is 1. The summed E-state index contributed by atoms with van der Waals surface area (Å²) >= 11 is 0. The predicted octanol–water partition coefficient (Wildman–Crippen LogP) is 3.81. The van der Waals surface area contributed by atoms with Crippen LogP contribution < -0.4 is 26.9 Å². The number of nitrogens with zero attached hydrogens (tertiary/aromatic N) is 1. The van der Waals surface area contributed by atoms with Gasteiger partial charge in [-0.3, -0.25) is 5.43 Å². The number of hydrogen-bond acceptors (Lipinski definition) is 4. The SMILES string of the molecule is Cc1ccc(-c2cccc(OCc3c(C)cccc3N(N)C(=O)NN)c2)cc1. The largest absolute Gasteiger partial charge is 0.489 e. The van der Waals surface area contributed by atoms with E-state index in [1.54, 1.807) is 6.07 Å². The van der Waals surface area contributed by atoms with Gasteiger partial charge in [0.15, 0.2) is 0 Å². The van der Waals surface area contributed by atoms with E-state index in [-0.39, 0.29) is 6.61 Å². The van der Waals surface area contributed by atoms with E-state index in [4.69, 9.17) is 16.4 Å². The number of urea groups is 1. The first kappa shape index (κ1) is 19.4. The molecule has 0 aliphatic carbocycles. The normalized spacial score (nSPS) is 10.4. The number of hydrazine groups is 2. The second-order valence-electron chi connectivity index (χ2n) is 6.57. The minimum Gasteiger partial charge on any atom is -0.489 e. The molecule has 144 valence electrons. The quantitative estimate of drug-likeness (QED) is 0.358. The summed E-state index contributed by atoms with van der Waals surface area (Å²) in [5.41, 5.74) is 7.77. The second kappa shape index (κ2) is 8.56. The summed E-state index contributed by atoms with van der Waals surface area (Å²) < 4.78 is 6.02. The van der Waals surface area contributed by atoms with E-state index in [1.807, 2.05) is 48.7 Å². The van der Waals surface area contributed by atoms with Gasteiger partial charge in [0.2, 0.25) is 0 Å². The Kier molecular flexibility index (Phi) is 5.93. The number of benzene rings is 3. The van der Waals surface area contributed by atoms with Crippen LogP contribution in [0.1, 0.15) is 16.7 Å². The third-order valence-electron chi connectivity index (χ3n) is 4.59. The average molecular weight is 376 g/mol. The van der Waals surface area contributed by atoms with Crippen molar-refractivity contribution in [1.82, 2.24) is 5.43 Å². The van der Waals surface area contributed by atoms with E-state index in [0.29, 0.717) is 5.69 Å². The molecule has 6 heteroatoms. The summed E-state index contributed by atoms with van der Waals surface area (Å²) in [6.45, 7) is 4.28. The molecule has 0 spiro atoms. The van der Waals surface area contributed by atoms with Gasteiger partial charge in [-0.15, -0.1) is 0 Å². The lowest BCUT2D eigenvalue weighted by Crippen LogP contribution is -2.48. The number of hydrogen-bond donors (Lipinski definition) is 3. The van der Waals surface area contributed by atoms with E-state index < -0.39 is 6.03 Å². The number of carbonyl (C=O) groups excluding carboxylic acids is 1. The summed E-state index contributed by atoms with van der Waals surface area (Å²) in [4.78, 5) is 11.8. The Morgan fingerprint density at radius 1 is 1.00 bits per heavy atom. The molecule has 0 radical (unpaired) electrons. The zero-order valence-corrected chi connectivity index (χ0v) is 16.0. The molecule has 0 bridgehead atoms. The predicted molar refractivity (Wildman–Crippen MR) is 112 cm³/mol. The average Bonchev–Trinajstić information content (AvgIpc) is 2.72. The molecule has 3 rings (SSSR count). The Labute approximate surface area is 164 Å². The Bertz CT molecular complexity index is 971. The zero-order chi connectivity index (χ0) is 20.1. The first-order chi connectivity index (χ1) is 13.5. The number of amides is 2. The molecule has 5 N–H and O–H groups in total. The van der Waals surface area contributed by atoms with Crippen molar-refractivity contribution in [2.45, 2.75) is 20.5 Å². The number of rotatable bonds is 5. The van der Waals surface area contributed by atoms with Crippen LogP contribution in [0.25, 0.3) is 11.1 Å². The zero-order valence-electron chi connectivity index (χ0n) is 16.0. The molecule has 3 aromatic carbocycles. The van der Waals surface area contributed by atoms with Crippen molar-refractivity contribution in [3.63, 3.8) is 0 Å². The van der Waals surface area contributed by atoms with Gasteiger partial charge in [0.25, 0.3) is 0 Å². The topological polar surface area (TPSA) is 93.6 Å². The number of nitrogens with one attached hydrogen (secondary N) is 1. The van der Waals surface area contributed by atoms with Crippen molar-refractivity contribution in [2.75, 3.05) is 5.01 Å². The lowest BCUT2D eigenvalue weighted by molar-refractivity contribution is 0.246. The number of anilines is 1. The van der Waals surface area contributed by atoms with E-state index in [1.165, 1.54) is 5.56 Å². The second-order valence-corrected chi connectivity index (χ2v) is 6.57. The minimum absolute atomic E-state index is 0.269. The highest BCUT2D eigenvalue weighted by atomic mass is 16.5. The molecule has 0 aliphatic rings. The molecule has 2 amide bonds. The third kappa shape index (κ3) is 4.31. The maximum Gasteiger partial charge on any atom is 0.350 e. The van der Waals surface area contributed by atoms with Gasteiger partial charge in [-0.05, 0) is 48.7 Å². The van der Waals surface area contributed by atoms with Crippen molar-refractivity contribution in [2.24, 2.45) is 11.7 Å². The molecule has 0 atom stereocenters. The van der Waals surface area contributed by atoms with Crippen molar-refractivity contribution >= 4 is 11.7 Å². The number of nitrogens with two attached hydrogens (primary N) is 2. The molecule has 28 heavy (non-hydrogen) atoms. The molecule has 0 heterocycles. The molecule has 0 fully saturated rings. The summed E-state index contributed by atoms with van der Waals surface area (Å²) in [7, 11) is 0. The summed E-state index contributed by atoms with van der Waals surface area (Å²) in [5.74, 6) is 11.8. The van der Waals surface area contributed by atoms with Crippen LogP contribution in [0.15, 0.2) is 66.7 Å². The molecule has 0 saturated carbocycles. The maximum atomic E-state index is 11.8. The first-order valence-electron chi connectivity index (χ1n) is 8.93. The molecule has 6 nitrogen and oxygen atoms in total. The lowest BCUT2D eigenvalue weighted by Gasteiger charge is -2.21. The van der Waals surface area contributed by atoms with Crippen LogP contribution in [0.4, 0.5) is 10.5 Å². The standard InChI is InChI=1S/C22H24N4O2/c1-15-9-11-17(12-10-15)18-6-4-7-19(13-18)28-14-20-16(2)5-3-8-21(20)26(24)22(27)25-23/h3-13H,14,23-24H2,1-2H3,(H,25,27). The third-order valence-corrected chi connectivity index (χ3v) is 4.59. The van der Waals surface area contributed by atoms with Crippen molar-refractivity contribution < 1.29 is 9.53 Å². The Morgan fingerprint density at radius 2 is 1.71 bits per heavy atom. The number of carbonyl (C=O) groups is 1. The molecule has 3 aromatic rings. The highest BCUT2D eigenvalue weighted by molar-refractivity contribution is 5.91. The van der Waals surface area contributed by atoms with Crippen LogP contribution in [0.3, 0.4) is 0 Å². The van der Waals surface area contributed by atoms with E-state index in [0.717, 1.165) is 33.0 Å². The summed E-state index contributed by atoms with van der Waals surface area (Å²) in [6, 6.07) is 21.2. The Morgan fingerprint density at radius 3 is 2.43 bits per heavy atom. The minimum atomic E-state index is -0.604. The monoisotopic (exact) mass is 376 g/mol. The fraction of sp³-hybridized carbons (Fsp3) is 0.136. The fourth-order valence-corrected chi connectivity index (χ4v) is 2.95. The first-order valence-corrected chi connectivity index (χ1v) is 8.93. The van der Waals surface area contributed by atoms with Crippen LogP contribution in [0, 0.1) is 13.8 Å². The maximum absolute atomic E-state index is 11.8. The molecule has 0 saturated heterocycles. The van der Waals surface area contributed by atoms with Gasteiger partial charge in [0, 0.05) is 5.56 Å². The molecule has 0 unspecified atom stereocenters. The van der Waals surface area contributed by atoms with Gasteiger partial charge < -0.3 is 4.74 Å².